The van der Waals surface area contributed by atoms with E-state index in [0.717, 1.165) is 12.1 Å². The fourth-order valence-electron chi connectivity index (χ4n) is 1.46. The molecule has 0 aliphatic heterocycles. The Balaban J connectivity index is 2.10. The largest absolute Gasteiger partial charge is 0.416 e. The molecule has 0 bridgehead atoms. The summed E-state index contributed by atoms with van der Waals surface area (Å²) in [5, 5.41) is 1.79. The van der Waals surface area contributed by atoms with Crippen LogP contribution in [-0.4, -0.2) is 5.78 Å². The van der Waals surface area contributed by atoms with E-state index in [-0.39, 0.29) is 5.78 Å². The summed E-state index contributed by atoms with van der Waals surface area (Å²) in [5.41, 5.74) is -0.146. The molecule has 98 valence electrons. The van der Waals surface area contributed by atoms with Crippen molar-refractivity contribution in [2.24, 2.45) is 0 Å². The molecule has 0 amide bonds. The molecule has 5 heteroatoms. The lowest BCUT2D eigenvalue weighted by Crippen LogP contribution is -2.03. The van der Waals surface area contributed by atoms with Gasteiger partial charge in [0.05, 0.1) is 10.4 Å². The van der Waals surface area contributed by atoms with Crippen LogP contribution >= 0.6 is 11.3 Å². The van der Waals surface area contributed by atoms with Crippen LogP contribution in [0.1, 0.15) is 20.8 Å². The van der Waals surface area contributed by atoms with Crippen molar-refractivity contribution >= 4 is 23.2 Å². The Hall–Kier alpha value is -1.88. The van der Waals surface area contributed by atoms with Crippen molar-refractivity contribution in [2.45, 2.75) is 6.18 Å². The van der Waals surface area contributed by atoms with E-state index >= 15 is 0 Å². The van der Waals surface area contributed by atoms with Crippen LogP contribution in [0.5, 0.6) is 0 Å². The first-order chi connectivity index (χ1) is 8.97. The van der Waals surface area contributed by atoms with Gasteiger partial charge in [0, 0.05) is 0 Å². The molecule has 0 unspecified atom stereocenters. The first-order valence-corrected chi connectivity index (χ1v) is 6.28. The van der Waals surface area contributed by atoms with Crippen molar-refractivity contribution in [3.8, 4) is 0 Å². The molecule has 0 N–H and O–H groups in total. The number of allylic oxidation sites excluding steroid dienone is 1. The summed E-state index contributed by atoms with van der Waals surface area (Å²) < 4.78 is 37.0. The van der Waals surface area contributed by atoms with E-state index < -0.39 is 11.7 Å². The van der Waals surface area contributed by atoms with Crippen LogP contribution in [0.25, 0.3) is 6.08 Å². The molecule has 0 saturated heterocycles. The highest BCUT2D eigenvalue weighted by molar-refractivity contribution is 7.12. The smallest absolute Gasteiger partial charge is 0.288 e. The zero-order chi connectivity index (χ0) is 13.9. The van der Waals surface area contributed by atoms with Gasteiger partial charge in [-0.3, -0.25) is 4.79 Å². The van der Waals surface area contributed by atoms with Crippen molar-refractivity contribution in [1.29, 1.82) is 0 Å². The van der Waals surface area contributed by atoms with Gasteiger partial charge >= 0.3 is 6.18 Å². The lowest BCUT2D eigenvalue weighted by molar-refractivity contribution is -0.137. The summed E-state index contributed by atoms with van der Waals surface area (Å²) >= 11 is 1.32. The lowest BCUT2D eigenvalue weighted by atomic mass is 10.1. The average molecular weight is 282 g/mol. The predicted molar refractivity (Wildman–Crippen MR) is 69.1 cm³/mol. The first-order valence-electron chi connectivity index (χ1n) is 5.40. The van der Waals surface area contributed by atoms with Crippen LogP contribution in [0.3, 0.4) is 0 Å². The second kappa shape index (κ2) is 5.40. The Labute approximate surface area is 112 Å². The van der Waals surface area contributed by atoms with E-state index in [4.69, 9.17) is 0 Å². The van der Waals surface area contributed by atoms with Crippen LogP contribution in [0.15, 0.2) is 47.9 Å². The molecule has 0 aliphatic carbocycles. The fraction of sp³-hybridized carbons (Fsp3) is 0.0714. The molecule has 0 atom stereocenters. The van der Waals surface area contributed by atoms with Gasteiger partial charge in [-0.15, -0.1) is 11.3 Å². The lowest BCUT2D eigenvalue weighted by Gasteiger charge is -2.05. The third-order valence-electron chi connectivity index (χ3n) is 2.43. The van der Waals surface area contributed by atoms with Crippen molar-refractivity contribution in [2.75, 3.05) is 0 Å². The predicted octanol–water partition coefficient (Wildman–Crippen LogP) is 4.66. The summed E-state index contributed by atoms with van der Waals surface area (Å²) in [5.74, 6) is -0.158. The highest BCUT2D eigenvalue weighted by atomic mass is 32.1. The molecule has 2 aromatic rings. The Morgan fingerprint density at radius 1 is 1.11 bits per heavy atom. The van der Waals surface area contributed by atoms with Gasteiger partial charge in [-0.2, -0.15) is 13.2 Å². The van der Waals surface area contributed by atoms with Gasteiger partial charge < -0.3 is 0 Å². The van der Waals surface area contributed by atoms with Crippen LogP contribution in [0.2, 0.25) is 0 Å². The van der Waals surface area contributed by atoms with Crippen LogP contribution in [-0.2, 0) is 6.18 Å². The maximum Gasteiger partial charge on any atom is 0.416 e. The van der Waals surface area contributed by atoms with E-state index in [1.807, 2.05) is 0 Å². The van der Waals surface area contributed by atoms with Crippen molar-refractivity contribution in [3.63, 3.8) is 0 Å². The Morgan fingerprint density at radius 3 is 2.32 bits per heavy atom. The monoisotopic (exact) mass is 282 g/mol. The molecule has 19 heavy (non-hydrogen) atoms. The average Bonchev–Trinajstić information content (AvgIpc) is 2.89. The van der Waals surface area contributed by atoms with Gasteiger partial charge in [0.15, 0.2) is 5.78 Å². The number of ketones is 1. The number of hydrogen-bond acceptors (Lipinski definition) is 2. The molecule has 0 aliphatic rings. The Bertz CT molecular complexity index is 580. The SMILES string of the molecule is O=C(C=Cc1ccc(C(F)(F)F)cc1)c1cccs1. The van der Waals surface area contributed by atoms with Gasteiger partial charge in [-0.05, 0) is 35.2 Å². The van der Waals surface area contributed by atoms with Gasteiger partial charge in [0.25, 0.3) is 0 Å². The van der Waals surface area contributed by atoms with Gasteiger partial charge in [-0.25, -0.2) is 0 Å². The molecule has 1 aromatic heterocycles. The summed E-state index contributed by atoms with van der Waals surface area (Å²) in [6, 6.07) is 8.13. The number of hydrogen-bond donors (Lipinski definition) is 0. The summed E-state index contributed by atoms with van der Waals surface area (Å²) in [6.45, 7) is 0. The highest BCUT2D eigenvalue weighted by Gasteiger charge is 2.29. The number of rotatable bonds is 3. The van der Waals surface area contributed by atoms with E-state index in [0.29, 0.717) is 10.4 Å². The van der Waals surface area contributed by atoms with E-state index in [1.54, 1.807) is 17.5 Å². The number of halogens is 3. The summed E-state index contributed by atoms with van der Waals surface area (Å²) in [6.07, 6.45) is -1.48. The van der Waals surface area contributed by atoms with Crippen molar-refractivity contribution in [1.82, 2.24) is 0 Å². The maximum atomic E-state index is 12.3. The van der Waals surface area contributed by atoms with Gasteiger partial charge in [-0.1, -0.05) is 24.3 Å². The molecule has 0 spiro atoms. The minimum atomic E-state index is -4.34. The van der Waals surface area contributed by atoms with Gasteiger partial charge in [0.2, 0.25) is 0 Å². The standard InChI is InChI=1S/C14H9F3OS/c15-14(16,17)11-6-3-10(4-7-11)5-8-12(18)13-2-1-9-19-13/h1-9H. The summed E-state index contributed by atoms with van der Waals surface area (Å²) in [7, 11) is 0. The Morgan fingerprint density at radius 2 is 1.79 bits per heavy atom. The fourth-order valence-corrected chi connectivity index (χ4v) is 2.10. The zero-order valence-electron chi connectivity index (χ0n) is 9.65. The second-order valence-electron chi connectivity index (χ2n) is 3.79. The minimum absolute atomic E-state index is 0.158. The zero-order valence-corrected chi connectivity index (χ0v) is 10.5. The van der Waals surface area contributed by atoms with Gasteiger partial charge in [0.1, 0.15) is 0 Å². The van der Waals surface area contributed by atoms with E-state index in [1.165, 1.54) is 35.6 Å². The second-order valence-corrected chi connectivity index (χ2v) is 4.74. The van der Waals surface area contributed by atoms with Crippen molar-refractivity contribution in [3.05, 3.63) is 63.9 Å². The molecule has 1 aromatic carbocycles. The summed E-state index contributed by atoms with van der Waals surface area (Å²) in [4.78, 5) is 12.2. The molecule has 0 saturated carbocycles. The molecular formula is C14H9F3OS. The number of alkyl halides is 3. The first kappa shape index (κ1) is 13.5. The molecule has 1 nitrogen and oxygen atoms in total. The number of carbonyl (C=O) groups is 1. The van der Waals surface area contributed by atoms with Crippen LogP contribution < -0.4 is 0 Å². The van der Waals surface area contributed by atoms with Crippen LogP contribution in [0, 0.1) is 0 Å². The number of benzene rings is 1. The van der Waals surface area contributed by atoms with Crippen LogP contribution in [0.4, 0.5) is 13.2 Å². The normalized spacial score (nSPS) is 11.9. The minimum Gasteiger partial charge on any atom is -0.288 e. The quantitative estimate of drug-likeness (QED) is 0.591. The topological polar surface area (TPSA) is 17.1 Å². The Kier molecular flexibility index (Phi) is 3.85. The number of thiophene rings is 1. The molecular weight excluding hydrogens is 273 g/mol. The molecule has 1 heterocycles. The highest BCUT2D eigenvalue weighted by Crippen LogP contribution is 2.29. The number of carbonyl (C=O) groups excluding carboxylic acids is 1. The molecule has 0 fully saturated rings. The molecule has 0 radical (unpaired) electrons. The van der Waals surface area contributed by atoms with E-state index in [2.05, 4.69) is 0 Å². The third-order valence-corrected chi connectivity index (χ3v) is 3.31. The van der Waals surface area contributed by atoms with E-state index in [9.17, 15) is 18.0 Å². The van der Waals surface area contributed by atoms with Crippen molar-refractivity contribution < 1.29 is 18.0 Å². The maximum absolute atomic E-state index is 12.3. The molecule has 2 rings (SSSR count). The third kappa shape index (κ3) is 3.54.